The van der Waals surface area contributed by atoms with Crippen LogP contribution in [0.4, 0.5) is 0 Å². The van der Waals surface area contributed by atoms with Crippen LogP contribution in [0.1, 0.15) is 11.7 Å². The summed E-state index contributed by atoms with van der Waals surface area (Å²) < 4.78 is 14.2. The molecule has 0 unspecified atom stereocenters. The first-order chi connectivity index (χ1) is 6.25. The Morgan fingerprint density at radius 2 is 2.00 bits per heavy atom. The molecule has 0 aliphatic rings. The van der Waals surface area contributed by atoms with E-state index in [1.54, 1.807) is 30.3 Å². The van der Waals surface area contributed by atoms with Crippen molar-refractivity contribution < 1.29 is 18.8 Å². The quantitative estimate of drug-likeness (QED) is 0.689. The molecule has 0 spiro atoms. The van der Waals surface area contributed by atoms with Gasteiger partial charge >= 0.3 is 15.6 Å². The van der Waals surface area contributed by atoms with Crippen LogP contribution in [-0.2, 0) is 13.7 Å². The van der Waals surface area contributed by atoms with E-state index < -0.39 is 21.7 Å². The predicted molar refractivity (Wildman–Crippen MR) is 45.3 cm³/mol. The standard InChI is InChI=1S/C8H8O4Si/c9-7(8(10)12-13-11)6-4-2-1-3-5-6/h1-5,7,9,13H/t7-/m1/s1. The molecule has 0 saturated heterocycles. The monoisotopic (exact) mass is 196 g/mol. The molecule has 0 bridgehead atoms. The van der Waals surface area contributed by atoms with Crippen molar-refractivity contribution in [3.8, 4) is 0 Å². The number of benzene rings is 1. The Hall–Kier alpha value is -1.33. The van der Waals surface area contributed by atoms with Crippen molar-refractivity contribution >= 4 is 15.6 Å². The number of carbonyl (C=O) groups excluding carboxylic acids is 1. The Morgan fingerprint density at radius 3 is 2.54 bits per heavy atom. The Kier molecular flexibility index (Phi) is 3.48. The van der Waals surface area contributed by atoms with E-state index >= 15 is 0 Å². The zero-order chi connectivity index (χ0) is 9.68. The van der Waals surface area contributed by atoms with Crippen LogP contribution in [0.3, 0.4) is 0 Å². The van der Waals surface area contributed by atoms with Crippen LogP contribution < -0.4 is 0 Å². The van der Waals surface area contributed by atoms with Gasteiger partial charge in [0.25, 0.3) is 0 Å². The van der Waals surface area contributed by atoms with E-state index in [0.717, 1.165) is 0 Å². The Bertz CT molecular complexity index is 298. The zero-order valence-corrected chi connectivity index (χ0v) is 7.87. The Labute approximate surface area is 77.2 Å². The lowest BCUT2D eigenvalue weighted by Gasteiger charge is -2.06. The summed E-state index contributed by atoms with van der Waals surface area (Å²) in [4.78, 5) is 10.9. The van der Waals surface area contributed by atoms with Crippen LogP contribution in [0.25, 0.3) is 0 Å². The molecule has 1 rings (SSSR count). The highest BCUT2D eigenvalue weighted by Crippen LogP contribution is 2.12. The summed E-state index contributed by atoms with van der Waals surface area (Å²) >= 11 is 0. The molecule has 0 amide bonds. The number of aliphatic hydroxyl groups is 1. The van der Waals surface area contributed by atoms with Gasteiger partial charge in [0.05, 0.1) is 0 Å². The maximum atomic E-state index is 10.9. The minimum Gasteiger partial charge on any atom is -0.459 e. The van der Waals surface area contributed by atoms with Gasteiger partial charge in [0.1, 0.15) is 0 Å². The molecule has 1 aromatic carbocycles. The summed E-state index contributed by atoms with van der Waals surface area (Å²) in [6, 6.07) is 8.32. The van der Waals surface area contributed by atoms with Crippen LogP contribution in [0.5, 0.6) is 0 Å². The molecule has 1 N–H and O–H groups in total. The molecule has 68 valence electrons. The largest absolute Gasteiger partial charge is 0.494 e. The molecule has 0 aliphatic heterocycles. The molecule has 5 heteroatoms. The van der Waals surface area contributed by atoms with Crippen LogP contribution in [0.2, 0.25) is 0 Å². The molecule has 1 atom stereocenters. The second-order valence-electron chi connectivity index (χ2n) is 2.35. The molecule has 0 heterocycles. The molecule has 0 saturated carbocycles. The van der Waals surface area contributed by atoms with Gasteiger partial charge < -0.3 is 14.0 Å². The van der Waals surface area contributed by atoms with Crippen molar-refractivity contribution in [3.05, 3.63) is 35.9 Å². The van der Waals surface area contributed by atoms with Crippen LogP contribution >= 0.6 is 0 Å². The molecule has 0 aromatic heterocycles. The summed E-state index contributed by atoms with van der Waals surface area (Å²) in [5.41, 5.74) is 0.431. The van der Waals surface area contributed by atoms with Crippen molar-refractivity contribution in [2.45, 2.75) is 6.10 Å². The molecule has 1 aromatic rings. The maximum absolute atomic E-state index is 10.9. The summed E-state index contributed by atoms with van der Waals surface area (Å²) in [7, 11) is -1.61. The molecule has 0 radical (unpaired) electrons. The molecule has 4 nitrogen and oxygen atoms in total. The normalized spacial score (nSPS) is 11.8. The molecular weight excluding hydrogens is 188 g/mol. The topological polar surface area (TPSA) is 63.6 Å². The fraction of sp³-hybridized carbons (Fsp3) is 0.125. The summed E-state index contributed by atoms with van der Waals surface area (Å²) in [6.07, 6.45) is -1.34. The lowest BCUT2D eigenvalue weighted by atomic mass is 10.1. The number of hydrogen-bond donors (Lipinski definition) is 1. The highest BCUT2D eigenvalue weighted by atomic mass is 28.2. The first-order valence-electron chi connectivity index (χ1n) is 3.63. The van der Waals surface area contributed by atoms with Gasteiger partial charge in [0.2, 0.25) is 0 Å². The molecule has 13 heavy (non-hydrogen) atoms. The maximum Gasteiger partial charge on any atom is 0.494 e. The Morgan fingerprint density at radius 1 is 1.38 bits per heavy atom. The lowest BCUT2D eigenvalue weighted by molar-refractivity contribution is -0.144. The van der Waals surface area contributed by atoms with E-state index in [-0.39, 0.29) is 0 Å². The number of rotatable bonds is 3. The second-order valence-corrected chi connectivity index (χ2v) is 2.77. The third-order valence-corrected chi connectivity index (χ3v) is 1.83. The number of aliphatic hydroxyl groups excluding tert-OH is 1. The smallest absolute Gasteiger partial charge is 0.459 e. The third-order valence-electron chi connectivity index (χ3n) is 1.50. The fourth-order valence-corrected chi connectivity index (χ4v) is 1.11. The summed E-state index contributed by atoms with van der Waals surface area (Å²) in [6.45, 7) is 0. The van der Waals surface area contributed by atoms with Gasteiger partial charge in [-0.1, -0.05) is 30.3 Å². The van der Waals surface area contributed by atoms with Crippen LogP contribution in [-0.4, -0.2) is 20.7 Å². The minimum absolute atomic E-state index is 0.431. The van der Waals surface area contributed by atoms with E-state index in [0.29, 0.717) is 5.56 Å². The van der Waals surface area contributed by atoms with Gasteiger partial charge in [-0.2, -0.15) is 0 Å². The van der Waals surface area contributed by atoms with Gasteiger partial charge in [0.15, 0.2) is 6.10 Å². The van der Waals surface area contributed by atoms with E-state index in [2.05, 4.69) is 4.43 Å². The van der Waals surface area contributed by atoms with Gasteiger partial charge in [-0.25, -0.2) is 4.79 Å². The highest BCUT2D eigenvalue weighted by molar-refractivity contribution is 6.13. The molecular formula is C8H8O4Si. The van der Waals surface area contributed by atoms with Crippen molar-refractivity contribution in [2.24, 2.45) is 0 Å². The molecule has 0 fully saturated rings. The first kappa shape index (κ1) is 9.75. The van der Waals surface area contributed by atoms with Crippen molar-refractivity contribution in [2.75, 3.05) is 0 Å². The number of carbonyl (C=O) groups is 1. The van der Waals surface area contributed by atoms with Crippen molar-refractivity contribution in [1.29, 1.82) is 0 Å². The summed E-state index contributed by atoms with van der Waals surface area (Å²) in [5.74, 6) is -0.879. The SMILES string of the molecule is O=[SiH]OC(=O)[C@H](O)c1ccccc1. The first-order valence-corrected chi connectivity index (χ1v) is 4.57. The Balaban J connectivity index is 2.73. The molecule has 0 aliphatic carbocycles. The predicted octanol–water partition coefficient (Wildman–Crippen LogP) is -0.0398. The van der Waals surface area contributed by atoms with Crippen molar-refractivity contribution in [3.63, 3.8) is 0 Å². The summed E-state index contributed by atoms with van der Waals surface area (Å²) in [5, 5.41) is 9.32. The van der Waals surface area contributed by atoms with E-state index in [4.69, 9.17) is 0 Å². The zero-order valence-electron chi connectivity index (χ0n) is 6.71. The van der Waals surface area contributed by atoms with Crippen LogP contribution in [0.15, 0.2) is 30.3 Å². The van der Waals surface area contributed by atoms with E-state index in [1.807, 2.05) is 0 Å². The average molecular weight is 196 g/mol. The fourth-order valence-electron chi connectivity index (χ4n) is 0.883. The van der Waals surface area contributed by atoms with E-state index in [9.17, 15) is 14.4 Å². The minimum atomic E-state index is -1.61. The van der Waals surface area contributed by atoms with Gasteiger partial charge in [-0.3, -0.25) is 0 Å². The van der Waals surface area contributed by atoms with Gasteiger partial charge in [0, 0.05) is 0 Å². The van der Waals surface area contributed by atoms with E-state index in [1.165, 1.54) is 0 Å². The highest BCUT2D eigenvalue weighted by Gasteiger charge is 2.17. The number of hydrogen-bond acceptors (Lipinski definition) is 4. The average Bonchev–Trinajstić information content (AvgIpc) is 2.18. The lowest BCUT2D eigenvalue weighted by Crippen LogP contribution is -2.14. The third kappa shape index (κ3) is 2.57. The van der Waals surface area contributed by atoms with Crippen molar-refractivity contribution in [1.82, 2.24) is 0 Å². The van der Waals surface area contributed by atoms with Crippen LogP contribution in [0, 0.1) is 0 Å². The second kappa shape index (κ2) is 4.63. The van der Waals surface area contributed by atoms with Gasteiger partial charge in [-0.15, -0.1) is 0 Å². The van der Waals surface area contributed by atoms with Gasteiger partial charge in [-0.05, 0) is 5.56 Å².